The molecule has 0 aliphatic rings. The van der Waals surface area contributed by atoms with E-state index in [0.29, 0.717) is 11.6 Å². The van der Waals surface area contributed by atoms with Crippen LogP contribution in [0, 0.1) is 0 Å². The standard InChI is InChI=1S/C13H11NO3S2/c1-6(2)10-11(13(15)16)17-12(14-10)9-5-8-7(19-9)3-4-18-8/h3-6H,1-2H3,(H,15,16). The summed E-state index contributed by atoms with van der Waals surface area (Å²) < 4.78 is 7.76. The van der Waals surface area contributed by atoms with Crippen molar-refractivity contribution in [1.29, 1.82) is 0 Å². The van der Waals surface area contributed by atoms with Gasteiger partial charge >= 0.3 is 5.97 Å². The molecule has 3 aromatic heterocycles. The molecule has 6 heteroatoms. The average molecular weight is 293 g/mol. The van der Waals surface area contributed by atoms with Crippen LogP contribution in [-0.2, 0) is 0 Å². The lowest BCUT2D eigenvalue weighted by Crippen LogP contribution is -2.01. The number of rotatable bonds is 3. The Kier molecular flexibility index (Phi) is 2.91. The molecule has 0 aliphatic heterocycles. The first-order chi connectivity index (χ1) is 9.06. The van der Waals surface area contributed by atoms with E-state index in [1.807, 2.05) is 31.4 Å². The first-order valence-corrected chi connectivity index (χ1v) is 7.47. The highest BCUT2D eigenvalue weighted by Gasteiger charge is 2.23. The minimum atomic E-state index is -1.07. The molecule has 0 amide bonds. The van der Waals surface area contributed by atoms with Gasteiger partial charge in [-0.15, -0.1) is 22.7 Å². The van der Waals surface area contributed by atoms with Gasteiger partial charge in [0.1, 0.15) is 0 Å². The first kappa shape index (κ1) is 12.4. The van der Waals surface area contributed by atoms with Crippen LogP contribution in [0.3, 0.4) is 0 Å². The van der Waals surface area contributed by atoms with Crippen molar-refractivity contribution in [1.82, 2.24) is 4.98 Å². The van der Waals surface area contributed by atoms with E-state index in [1.165, 1.54) is 9.40 Å². The molecule has 1 N–H and O–H groups in total. The molecule has 3 rings (SSSR count). The fourth-order valence-corrected chi connectivity index (χ4v) is 3.89. The predicted molar refractivity (Wildman–Crippen MR) is 76.2 cm³/mol. The van der Waals surface area contributed by atoms with E-state index in [-0.39, 0.29) is 11.7 Å². The molecule has 0 radical (unpaired) electrons. The van der Waals surface area contributed by atoms with Gasteiger partial charge in [-0.2, -0.15) is 0 Å². The van der Waals surface area contributed by atoms with Gasteiger partial charge in [0.15, 0.2) is 0 Å². The molecule has 0 saturated carbocycles. The lowest BCUT2D eigenvalue weighted by atomic mass is 10.1. The third-order valence-electron chi connectivity index (χ3n) is 2.74. The van der Waals surface area contributed by atoms with E-state index in [9.17, 15) is 4.79 Å². The SMILES string of the molecule is CC(C)c1nc(-c2cc3sccc3s2)oc1C(=O)O. The molecule has 3 aromatic rings. The quantitative estimate of drug-likeness (QED) is 0.775. The van der Waals surface area contributed by atoms with E-state index < -0.39 is 5.97 Å². The van der Waals surface area contributed by atoms with Gasteiger partial charge in [0.25, 0.3) is 0 Å². The Morgan fingerprint density at radius 2 is 2.21 bits per heavy atom. The van der Waals surface area contributed by atoms with Gasteiger partial charge in [-0.25, -0.2) is 9.78 Å². The smallest absolute Gasteiger partial charge is 0.373 e. The van der Waals surface area contributed by atoms with Gasteiger partial charge < -0.3 is 9.52 Å². The van der Waals surface area contributed by atoms with E-state index in [4.69, 9.17) is 9.52 Å². The lowest BCUT2D eigenvalue weighted by molar-refractivity contribution is 0.0661. The summed E-state index contributed by atoms with van der Waals surface area (Å²) in [5.41, 5.74) is 0.499. The minimum Gasteiger partial charge on any atom is -0.475 e. The Hall–Kier alpha value is -1.66. The number of nitrogens with zero attached hydrogens (tertiary/aromatic N) is 1. The number of oxazole rings is 1. The monoisotopic (exact) mass is 293 g/mol. The summed E-state index contributed by atoms with van der Waals surface area (Å²) in [5.74, 6) is -0.707. The Morgan fingerprint density at radius 3 is 2.79 bits per heavy atom. The van der Waals surface area contributed by atoms with E-state index in [1.54, 1.807) is 22.7 Å². The van der Waals surface area contributed by atoms with E-state index >= 15 is 0 Å². The molecule has 0 aliphatic carbocycles. The molecular formula is C13H11NO3S2. The Labute approximate surface area is 117 Å². The van der Waals surface area contributed by atoms with Crippen molar-refractivity contribution >= 4 is 38.0 Å². The van der Waals surface area contributed by atoms with Crippen molar-refractivity contribution in [3.63, 3.8) is 0 Å². The van der Waals surface area contributed by atoms with Crippen LogP contribution in [0.1, 0.15) is 36.0 Å². The second-order valence-corrected chi connectivity index (χ2v) is 6.48. The van der Waals surface area contributed by atoms with Gasteiger partial charge in [0.05, 0.1) is 10.6 Å². The normalized spacial score (nSPS) is 11.5. The second kappa shape index (κ2) is 4.47. The zero-order valence-corrected chi connectivity index (χ0v) is 12.0. The third kappa shape index (κ3) is 2.06. The second-order valence-electron chi connectivity index (χ2n) is 4.45. The van der Waals surface area contributed by atoms with Crippen molar-refractivity contribution in [3.05, 3.63) is 29.0 Å². The number of thiophene rings is 2. The highest BCUT2D eigenvalue weighted by atomic mass is 32.1. The van der Waals surface area contributed by atoms with Crippen LogP contribution in [0.15, 0.2) is 21.9 Å². The molecule has 19 heavy (non-hydrogen) atoms. The Morgan fingerprint density at radius 1 is 1.42 bits per heavy atom. The molecule has 0 fully saturated rings. The van der Waals surface area contributed by atoms with Gasteiger partial charge in [0.2, 0.25) is 11.7 Å². The van der Waals surface area contributed by atoms with E-state index in [2.05, 4.69) is 4.98 Å². The van der Waals surface area contributed by atoms with Crippen molar-refractivity contribution < 1.29 is 14.3 Å². The Balaban J connectivity index is 2.12. The molecule has 98 valence electrons. The lowest BCUT2D eigenvalue weighted by Gasteiger charge is -1.98. The number of carbonyl (C=O) groups is 1. The van der Waals surface area contributed by atoms with Crippen molar-refractivity contribution in [3.8, 4) is 10.8 Å². The zero-order chi connectivity index (χ0) is 13.6. The molecule has 0 unspecified atom stereocenters. The number of hydrogen-bond acceptors (Lipinski definition) is 5. The molecule has 0 bridgehead atoms. The fourth-order valence-electron chi connectivity index (χ4n) is 1.85. The number of aromatic carboxylic acids is 1. The maximum atomic E-state index is 11.2. The van der Waals surface area contributed by atoms with Crippen molar-refractivity contribution in [2.75, 3.05) is 0 Å². The van der Waals surface area contributed by atoms with Crippen LogP contribution in [0.5, 0.6) is 0 Å². The molecular weight excluding hydrogens is 282 g/mol. The van der Waals surface area contributed by atoms with Crippen LogP contribution >= 0.6 is 22.7 Å². The van der Waals surface area contributed by atoms with Gasteiger partial charge in [-0.1, -0.05) is 13.8 Å². The predicted octanol–water partition coefficient (Wildman–Crippen LogP) is 4.44. The number of hydrogen-bond donors (Lipinski definition) is 1. The van der Waals surface area contributed by atoms with Crippen LogP contribution in [0.25, 0.3) is 20.2 Å². The topological polar surface area (TPSA) is 63.3 Å². The van der Waals surface area contributed by atoms with Crippen LogP contribution in [0.4, 0.5) is 0 Å². The van der Waals surface area contributed by atoms with Crippen molar-refractivity contribution in [2.24, 2.45) is 0 Å². The van der Waals surface area contributed by atoms with Gasteiger partial charge in [-0.3, -0.25) is 0 Å². The van der Waals surface area contributed by atoms with Crippen LogP contribution in [0.2, 0.25) is 0 Å². The summed E-state index contributed by atoms with van der Waals surface area (Å²) in [6, 6.07) is 4.03. The summed E-state index contributed by atoms with van der Waals surface area (Å²) in [6.45, 7) is 3.81. The van der Waals surface area contributed by atoms with Crippen molar-refractivity contribution in [2.45, 2.75) is 19.8 Å². The fraction of sp³-hybridized carbons (Fsp3) is 0.231. The Bertz CT molecular complexity index is 722. The van der Waals surface area contributed by atoms with Crippen LogP contribution < -0.4 is 0 Å². The highest BCUT2D eigenvalue weighted by molar-refractivity contribution is 7.28. The maximum absolute atomic E-state index is 11.2. The number of carboxylic acid groups (broad SMARTS) is 1. The summed E-state index contributed by atoms with van der Waals surface area (Å²) in [7, 11) is 0. The van der Waals surface area contributed by atoms with Gasteiger partial charge in [0, 0.05) is 9.40 Å². The molecule has 0 atom stereocenters. The maximum Gasteiger partial charge on any atom is 0.373 e. The van der Waals surface area contributed by atoms with Gasteiger partial charge in [-0.05, 0) is 23.4 Å². The molecule has 0 saturated heterocycles. The minimum absolute atomic E-state index is 0.0182. The molecule has 0 aromatic carbocycles. The number of fused-ring (bicyclic) bond motifs is 1. The summed E-state index contributed by atoms with van der Waals surface area (Å²) in [5, 5.41) is 11.2. The number of aromatic nitrogens is 1. The summed E-state index contributed by atoms with van der Waals surface area (Å²) >= 11 is 3.21. The first-order valence-electron chi connectivity index (χ1n) is 5.77. The molecule has 0 spiro atoms. The highest BCUT2D eigenvalue weighted by Crippen LogP contribution is 2.37. The third-order valence-corrected chi connectivity index (χ3v) is 4.83. The number of carboxylic acids is 1. The summed E-state index contributed by atoms with van der Waals surface area (Å²) in [4.78, 5) is 16.4. The zero-order valence-electron chi connectivity index (χ0n) is 10.3. The largest absolute Gasteiger partial charge is 0.475 e. The average Bonchev–Trinajstić information content (AvgIpc) is 3.01. The van der Waals surface area contributed by atoms with Crippen LogP contribution in [-0.4, -0.2) is 16.1 Å². The summed E-state index contributed by atoms with van der Waals surface area (Å²) in [6.07, 6.45) is 0. The molecule has 4 nitrogen and oxygen atoms in total. The van der Waals surface area contributed by atoms with E-state index in [0.717, 1.165) is 4.88 Å². The molecule has 3 heterocycles.